The SMILES string of the molecule is CN=C(NCc1ccc(Br)c(F)c1)N(C)CCOCC1CC1. The van der Waals surface area contributed by atoms with Gasteiger partial charge in [0, 0.05) is 33.8 Å². The Morgan fingerprint density at radius 2 is 2.27 bits per heavy atom. The number of ether oxygens (including phenoxy) is 1. The summed E-state index contributed by atoms with van der Waals surface area (Å²) in [7, 11) is 3.71. The van der Waals surface area contributed by atoms with Crippen molar-refractivity contribution in [3.05, 3.63) is 34.1 Å². The number of nitrogens with zero attached hydrogens (tertiary/aromatic N) is 2. The van der Waals surface area contributed by atoms with Crippen molar-refractivity contribution in [3.63, 3.8) is 0 Å². The van der Waals surface area contributed by atoms with E-state index in [1.807, 2.05) is 18.0 Å². The summed E-state index contributed by atoms with van der Waals surface area (Å²) < 4.78 is 19.6. The Hall–Kier alpha value is -1.14. The summed E-state index contributed by atoms with van der Waals surface area (Å²) in [5, 5.41) is 3.23. The van der Waals surface area contributed by atoms with Crippen LogP contribution in [0.4, 0.5) is 4.39 Å². The second-order valence-corrected chi connectivity index (χ2v) is 6.44. The Morgan fingerprint density at radius 1 is 1.50 bits per heavy atom. The van der Waals surface area contributed by atoms with Gasteiger partial charge in [0.05, 0.1) is 11.1 Å². The first kappa shape index (κ1) is 17.2. The number of guanidine groups is 1. The Labute approximate surface area is 139 Å². The Bertz CT molecular complexity index is 520. The highest BCUT2D eigenvalue weighted by atomic mass is 79.9. The molecule has 0 saturated heterocycles. The minimum atomic E-state index is -0.254. The standard InChI is InChI=1S/C16H23BrFN3O/c1-19-16(21(2)7-8-22-11-12-3-4-12)20-10-13-5-6-14(17)15(18)9-13/h5-6,9,12H,3-4,7-8,10-11H2,1-2H3,(H,19,20). The van der Waals surface area contributed by atoms with Gasteiger partial charge in [0.2, 0.25) is 0 Å². The zero-order valence-electron chi connectivity index (χ0n) is 13.1. The maximum atomic E-state index is 13.5. The van der Waals surface area contributed by atoms with E-state index in [0.29, 0.717) is 17.6 Å². The molecular weight excluding hydrogens is 349 g/mol. The highest BCUT2D eigenvalue weighted by molar-refractivity contribution is 9.10. The molecule has 0 radical (unpaired) electrons. The van der Waals surface area contributed by atoms with Gasteiger partial charge < -0.3 is 15.0 Å². The second kappa shape index (κ2) is 8.48. The molecule has 0 spiro atoms. The molecular formula is C16H23BrFN3O. The van der Waals surface area contributed by atoms with Crippen molar-refractivity contribution >= 4 is 21.9 Å². The van der Waals surface area contributed by atoms with Crippen LogP contribution in [-0.2, 0) is 11.3 Å². The van der Waals surface area contributed by atoms with E-state index in [0.717, 1.165) is 30.6 Å². The van der Waals surface area contributed by atoms with Crippen LogP contribution in [-0.4, -0.2) is 44.7 Å². The lowest BCUT2D eigenvalue weighted by atomic mass is 10.2. The van der Waals surface area contributed by atoms with E-state index >= 15 is 0 Å². The topological polar surface area (TPSA) is 36.9 Å². The van der Waals surface area contributed by atoms with Gasteiger partial charge in [-0.25, -0.2) is 4.39 Å². The highest BCUT2D eigenvalue weighted by Crippen LogP contribution is 2.28. The Balaban J connectivity index is 1.73. The lowest BCUT2D eigenvalue weighted by molar-refractivity contribution is 0.115. The lowest BCUT2D eigenvalue weighted by Gasteiger charge is -2.22. The molecule has 1 saturated carbocycles. The van der Waals surface area contributed by atoms with Crippen molar-refractivity contribution in [2.75, 3.05) is 33.9 Å². The largest absolute Gasteiger partial charge is 0.379 e. The molecule has 0 unspecified atom stereocenters. The number of hydrogen-bond donors (Lipinski definition) is 1. The highest BCUT2D eigenvalue weighted by Gasteiger charge is 2.21. The molecule has 0 bridgehead atoms. The zero-order valence-corrected chi connectivity index (χ0v) is 14.7. The monoisotopic (exact) mass is 371 g/mol. The molecule has 0 amide bonds. The normalized spacial score (nSPS) is 15.0. The third kappa shape index (κ3) is 5.57. The quantitative estimate of drug-likeness (QED) is 0.454. The van der Waals surface area contributed by atoms with Gasteiger partial charge in [0.25, 0.3) is 0 Å². The Morgan fingerprint density at radius 3 is 2.91 bits per heavy atom. The van der Waals surface area contributed by atoms with Gasteiger partial charge in [0.1, 0.15) is 5.82 Å². The molecule has 1 aliphatic carbocycles. The van der Waals surface area contributed by atoms with Crippen molar-refractivity contribution in [1.82, 2.24) is 10.2 Å². The van der Waals surface area contributed by atoms with Gasteiger partial charge in [-0.2, -0.15) is 0 Å². The van der Waals surface area contributed by atoms with Crippen molar-refractivity contribution in [2.24, 2.45) is 10.9 Å². The van der Waals surface area contributed by atoms with Crippen molar-refractivity contribution in [3.8, 4) is 0 Å². The van der Waals surface area contributed by atoms with E-state index in [9.17, 15) is 4.39 Å². The van der Waals surface area contributed by atoms with Gasteiger partial charge >= 0.3 is 0 Å². The molecule has 0 heterocycles. The first-order valence-electron chi connectivity index (χ1n) is 7.53. The molecule has 1 fully saturated rings. The van der Waals surface area contributed by atoms with Crippen LogP contribution in [0.15, 0.2) is 27.7 Å². The van der Waals surface area contributed by atoms with Gasteiger partial charge in [-0.3, -0.25) is 4.99 Å². The van der Waals surface area contributed by atoms with Gasteiger partial charge in [0.15, 0.2) is 5.96 Å². The summed E-state index contributed by atoms with van der Waals surface area (Å²) in [6.07, 6.45) is 2.62. The molecule has 4 nitrogen and oxygen atoms in total. The molecule has 122 valence electrons. The van der Waals surface area contributed by atoms with Gasteiger partial charge in [-0.15, -0.1) is 0 Å². The van der Waals surface area contributed by atoms with Crippen molar-refractivity contribution in [2.45, 2.75) is 19.4 Å². The van der Waals surface area contributed by atoms with Crippen LogP contribution >= 0.6 is 15.9 Å². The fourth-order valence-corrected chi connectivity index (χ4v) is 2.30. The summed E-state index contributed by atoms with van der Waals surface area (Å²) in [6.45, 7) is 2.88. The molecule has 1 aromatic carbocycles. The van der Waals surface area contributed by atoms with E-state index in [4.69, 9.17) is 4.74 Å². The van der Waals surface area contributed by atoms with Crippen LogP contribution < -0.4 is 5.32 Å². The second-order valence-electron chi connectivity index (χ2n) is 5.59. The molecule has 1 aromatic rings. The number of nitrogens with one attached hydrogen (secondary N) is 1. The van der Waals surface area contributed by atoms with E-state index in [1.54, 1.807) is 13.1 Å². The summed E-state index contributed by atoms with van der Waals surface area (Å²) in [4.78, 5) is 6.26. The third-order valence-electron chi connectivity index (χ3n) is 3.63. The van der Waals surface area contributed by atoms with Gasteiger partial charge in [-0.05, 0) is 52.4 Å². The molecule has 0 aromatic heterocycles. The molecule has 1 aliphatic rings. The molecule has 0 aliphatic heterocycles. The first-order chi connectivity index (χ1) is 10.6. The number of aliphatic imine (C=N–C) groups is 1. The van der Waals surface area contributed by atoms with Crippen molar-refractivity contribution in [1.29, 1.82) is 0 Å². The average Bonchev–Trinajstić information content (AvgIpc) is 3.32. The minimum absolute atomic E-state index is 0.254. The fraction of sp³-hybridized carbons (Fsp3) is 0.562. The Kier molecular flexibility index (Phi) is 6.64. The third-order valence-corrected chi connectivity index (χ3v) is 4.27. The van der Waals surface area contributed by atoms with E-state index in [1.165, 1.54) is 18.9 Å². The molecule has 2 rings (SSSR count). The van der Waals surface area contributed by atoms with E-state index in [2.05, 4.69) is 26.2 Å². The van der Waals surface area contributed by atoms with Gasteiger partial charge in [-0.1, -0.05) is 6.07 Å². The summed E-state index contributed by atoms with van der Waals surface area (Å²) >= 11 is 3.15. The predicted molar refractivity (Wildman–Crippen MR) is 90.5 cm³/mol. The number of hydrogen-bond acceptors (Lipinski definition) is 2. The van der Waals surface area contributed by atoms with Crippen LogP contribution in [0.2, 0.25) is 0 Å². The molecule has 0 atom stereocenters. The maximum absolute atomic E-state index is 13.5. The van der Waals surface area contributed by atoms with Crippen molar-refractivity contribution < 1.29 is 9.13 Å². The van der Waals surface area contributed by atoms with Crippen LogP contribution in [0, 0.1) is 11.7 Å². The molecule has 1 N–H and O–H groups in total. The summed E-state index contributed by atoms with van der Waals surface area (Å²) in [5.41, 5.74) is 0.875. The first-order valence-corrected chi connectivity index (χ1v) is 8.33. The fourth-order valence-electron chi connectivity index (χ4n) is 2.06. The number of halogens is 2. The smallest absolute Gasteiger partial charge is 0.193 e. The average molecular weight is 372 g/mol. The lowest BCUT2D eigenvalue weighted by Crippen LogP contribution is -2.40. The molecule has 6 heteroatoms. The van der Waals surface area contributed by atoms with Crippen LogP contribution in [0.3, 0.4) is 0 Å². The minimum Gasteiger partial charge on any atom is -0.379 e. The molecule has 22 heavy (non-hydrogen) atoms. The van der Waals surface area contributed by atoms with Crippen LogP contribution in [0.1, 0.15) is 18.4 Å². The van der Waals surface area contributed by atoms with E-state index < -0.39 is 0 Å². The summed E-state index contributed by atoms with van der Waals surface area (Å²) in [5.74, 6) is 1.31. The van der Waals surface area contributed by atoms with Crippen LogP contribution in [0.25, 0.3) is 0 Å². The number of likely N-dealkylation sites (N-methyl/N-ethyl adjacent to an activating group) is 1. The zero-order chi connectivity index (χ0) is 15.9. The number of rotatable bonds is 7. The van der Waals surface area contributed by atoms with Crippen LogP contribution in [0.5, 0.6) is 0 Å². The summed E-state index contributed by atoms with van der Waals surface area (Å²) in [6, 6.07) is 5.11. The van der Waals surface area contributed by atoms with E-state index in [-0.39, 0.29) is 5.82 Å². The predicted octanol–water partition coefficient (Wildman–Crippen LogP) is 3.02. The maximum Gasteiger partial charge on any atom is 0.193 e. The number of benzene rings is 1.